The van der Waals surface area contributed by atoms with Crippen molar-refractivity contribution in [3.63, 3.8) is 0 Å². The van der Waals surface area contributed by atoms with E-state index in [1.807, 2.05) is 29.8 Å². The molecule has 0 amide bonds. The van der Waals surface area contributed by atoms with E-state index in [2.05, 4.69) is 4.98 Å². The zero-order valence-corrected chi connectivity index (χ0v) is 9.94. The first-order valence-corrected chi connectivity index (χ1v) is 6.63. The molecule has 0 saturated heterocycles. The standard InChI is InChI=1S/C11H11NOS2/c1-14-10-3-2-8(7-13)6-9(10)11-12-4-5-15-11/h2-6,13H,7H2,1H3. The lowest BCUT2D eigenvalue weighted by Gasteiger charge is -2.06. The molecule has 4 heteroatoms. The summed E-state index contributed by atoms with van der Waals surface area (Å²) in [6.07, 6.45) is 3.85. The smallest absolute Gasteiger partial charge is 0.124 e. The fraction of sp³-hybridized carbons (Fsp3) is 0.182. The number of thiazole rings is 1. The molecule has 2 nitrogen and oxygen atoms in total. The summed E-state index contributed by atoms with van der Waals surface area (Å²) in [7, 11) is 0. The molecule has 2 rings (SSSR count). The Morgan fingerprint density at radius 3 is 2.93 bits per heavy atom. The lowest BCUT2D eigenvalue weighted by atomic mass is 10.1. The monoisotopic (exact) mass is 237 g/mol. The van der Waals surface area contributed by atoms with Crippen LogP contribution in [0.4, 0.5) is 0 Å². The molecule has 78 valence electrons. The molecule has 1 N–H and O–H groups in total. The molecule has 1 aromatic heterocycles. The second-order valence-corrected chi connectivity index (χ2v) is 4.77. The molecule has 0 unspecified atom stereocenters. The molecule has 0 radical (unpaired) electrons. The van der Waals surface area contributed by atoms with E-state index in [-0.39, 0.29) is 6.61 Å². The van der Waals surface area contributed by atoms with Crippen LogP contribution in [0.15, 0.2) is 34.7 Å². The van der Waals surface area contributed by atoms with Crippen LogP contribution in [0.3, 0.4) is 0 Å². The molecule has 0 saturated carbocycles. The van der Waals surface area contributed by atoms with Crippen molar-refractivity contribution in [3.8, 4) is 10.6 Å². The van der Waals surface area contributed by atoms with E-state index in [4.69, 9.17) is 5.11 Å². The van der Waals surface area contributed by atoms with Crippen LogP contribution in [0.1, 0.15) is 5.56 Å². The molecule has 0 aliphatic heterocycles. The number of thioether (sulfide) groups is 1. The number of nitrogens with zero attached hydrogens (tertiary/aromatic N) is 1. The molecular formula is C11H11NOS2. The van der Waals surface area contributed by atoms with Gasteiger partial charge in [0.15, 0.2) is 0 Å². The Morgan fingerprint density at radius 2 is 2.33 bits per heavy atom. The second kappa shape index (κ2) is 4.79. The summed E-state index contributed by atoms with van der Waals surface area (Å²) >= 11 is 3.32. The third-order valence-electron chi connectivity index (χ3n) is 2.11. The molecule has 0 bridgehead atoms. The van der Waals surface area contributed by atoms with Crippen LogP contribution in [0.5, 0.6) is 0 Å². The summed E-state index contributed by atoms with van der Waals surface area (Å²) in [4.78, 5) is 5.49. The van der Waals surface area contributed by atoms with E-state index >= 15 is 0 Å². The maximum atomic E-state index is 9.10. The van der Waals surface area contributed by atoms with E-state index in [9.17, 15) is 0 Å². The van der Waals surface area contributed by atoms with E-state index < -0.39 is 0 Å². The summed E-state index contributed by atoms with van der Waals surface area (Å²) in [6.45, 7) is 0.0764. The van der Waals surface area contributed by atoms with Gasteiger partial charge in [-0.3, -0.25) is 0 Å². The van der Waals surface area contributed by atoms with E-state index in [1.165, 1.54) is 4.90 Å². The minimum Gasteiger partial charge on any atom is -0.392 e. The first-order valence-electron chi connectivity index (χ1n) is 4.53. The summed E-state index contributed by atoms with van der Waals surface area (Å²) in [5.74, 6) is 0. The van der Waals surface area contributed by atoms with Gasteiger partial charge in [0.2, 0.25) is 0 Å². The van der Waals surface area contributed by atoms with Crippen molar-refractivity contribution in [2.75, 3.05) is 6.26 Å². The van der Waals surface area contributed by atoms with Crippen LogP contribution in [0.2, 0.25) is 0 Å². The lowest BCUT2D eigenvalue weighted by Crippen LogP contribution is -1.87. The van der Waals surface area contributed by atoms with Gasteiger partial charge in [0.05, 0.1) is 6.61 Å². The third-order valence-corrected chi connectivity index (χ3v) is 3.71. The van der Waals surface area contributed by atoms with Crippen LogP contribution >= 0.6 is 23.1 Å². The van der Waals surface area contributed by atoms with Crippen LogP contribution < -0.4 is 0 Å². The summed E-state index contributed by atoms with van der Waals surface area (Å²) in [5.41, 5.74) is 2.04. The predicted molar refractivity (Wildman–Crippen MR) is 65.3 cm³/mol. The van der Waals surface area contributed by atoms with Crippen LogP contribution in [0, 0.1) is 0 Å². The average molecular weight is 237 g/mol. The summed E-state index contributed by atoms with van der Waals surface area (Å²) < 4.78 is 0. The second-order valence-electron chi connectivity index (χ2n) is 3.03. The van der Waals surface area contributed by atoms with Gasteiger partial charge >= 0.3 is 0 Å². The van der Waals surface area contributed by atoms with Crippen LogP contribution in [-0.2, 0) is 6.61 Å². The summed E-state index contributed by atoms with van der Waals surface area (Å²) in [5, 5.41) is 12.1. The number of hydrogen-bond acceptors (Lipinski definition) is 4. The van der Waals surface area contributed by atoms with Crippen molar-refractivity contribution < 1.29 is 5.11 Å². The van der Waals surface area contributed by atoms with Crippen molar-refractivity contribution in [2.24, 2.45) is 0 Å². The van der Waals surface area contributed by atoms with Crippen LogP contribution in [-0.4, -0.2) is 16.3 Å². The minimum atomic E-state index is 0.0764. The van der Waals surface area contributed by atoms with Gasteiger partial charge in [-0.15, -0.1) is 23.1 Å². The molecule has 0 aliphatic rings. The maximum absolute atomic E-state index is 9.10. The fourth-order valence-electron chi connectivity index (χ4n) is 1.38. The Kier molecular flexibility index (Phi) is 3.41. The Balaban J connectivity index is 2.52. The van der Waals surface area contributed by atoms with Crippen molar-refractivity contribution in [1.82, 2.24) is 4.98 Å². The Morgan fingerprint density at radius 1 is 1.47 bits per heavy atom. The molecule has 0 aliphatic carbocycles. The maximum Gasteiger partial charge on any atom is 0.124 e. The molecule has 0 atom stereocenters. The van der Waals surface area contributed by atoms with Gasteiger partial charge in [-0.2, -0.15) is 0 Å². The number of aliphatic hydroxyl groups excluding tert-OH is 1. The zero-order chi connectivity index (χ0) is 10.7. The third kappa shape index (κ3) is 2.22. The van der Waals surface area contributed by atoms with E-state index in [1.54, 1.807) is 29.3 Å². The highest BCUT2D eigenvalue weighted by Gasteiger charge is 2.07. The molecule has 1 aromatic carbocycles. The number of benzene rings is 1. The van der Waals surface area contributed by atoms with Crippen LogP contribution in [0.25, 0.3) is 10.6 Å². The predicted octanol–water partition coefficient (Wildman–Crippen LogP) is 3.02. The molecule has 2 aromatic rings. The summed E-state index contributed by atoms with van der Waals surface area (Å²) in [6, 6.07) is 5.99. The highest BCUT2D eigenvalue weighted by molar-refractivity contribution is 7.98. The molecular weight excluding hydrogens is 226 g/mol. The Hall–Kier alpha value is -0.840. The normalized spacial score (nSPS) is 10.5. The highest BCUT2D eigenvalue weighted by Crippen LogP contribution is 2.32. The Bertz CT molecular complexity index is 440. The van der Waals surface area contributed by atoms with Crippen molar-refractivity contribution in [1.29, 1.82) is 0 Å². The van der Waals surface area contributed by atoms with Gasteiger partial charge in [-0.1, -0.05) is 6.07 Å². The molecule has 0 spiro atoms. The SMILES string of the molecule is CSc1ccc(CO)cc1-c1nccs1. The minimum absolute atomic E-state index is 0.0764. The quantitative estimate of drug-likeness (QED) is 0.833. The lowest BCUT2D eigenvalue weighted by molar-refractivity contribution is 0.282. The molecule has 0 fully saturated rings. The fourth-order valence-corrected chi connectivity index (χ4v) is 2.69. The van der Waals surface area contributed by atoms with Crippen molar-refractivity contribution >= 4 is 23.1 Å². The van der Waals surface area contributed by atoms with Gasteiger partial charge in [0, 0.05) is 22.0 Å². The van der Waals surface area contributed by atoms with E-state index in [0.717, 1.165) is 16.1 Å². The number of rotatable bonds is 3. The largest absolute Gasteiger partial charge is 0.392 e. The van der Waals surface area contributed by atoms with Crippen molar-refractivity contribution in [2.45, 2.75) is 11.5 Å². The molecule has 1 heterocycles. The van der Waals surface area contributed by atoms with Gasteiger partial charge in [0.1, 0.15) is 5.01 Å². The molecule has 15 heavy (non-hydrogen) atoms. The first-order chi connectivity index (χ1) is 7.35. The first kappa shape index (κ1) is 10.7. The van der Waals surface area contributed by atoms with Gasteiger partial charge in [-0.25, -0.2) is 4.98 Å². The zero-order valence-electron chi connectivity index (χ0n) is 8.30. The van der Waals surface area contributed by atoms with Crippen molar-refractivity contribution in [3.05, 3.63) is 35.3 Å². The highest BCUT2D eigenvalue weighted by atomic mass is 32.2. The Labute approximate surface area is 97.0 Å². The average Bonchev–Trinajstić information content (AvgIpc) is 2.81. The van der Waals surface area contributed by atoms with E-state index in [0.29, 0.717) is 0 Å². The van der Waals surface area contributed by atoms with Gasteiger partial charge < -0.3 is 5.11 Å². The topological polar surface area (TPSA) is 33.1 Å². The van der Waals surface area contributed by atoms with Gasteiger partial charge in [-0.05, 0) is 24.0 Å². The number of aromatic nitrogens is 1. The number of aliphatic hydroxyl groups is 1. The number of hydrogen-bond donors (Lipinski definition) is 1. The van der Waals surface area contributed by atoms with Gasteiger partial charge in [0.25, 0.3) is 0 Å².